The number of halogens is 3. The molecule has 148 valence electrons. The van der Waals surface area contributed by atoms with Crippen molar-refractivity contribution in [3.63, 3.8) is 0 Å². The number of ether oxygens (including phenoxy) is 2. The molecule has 1 amide bonds. The van der Waals surface area contributed by atoms with E-state index in [-0.39, 0.29) is 32.6 Å². The number of carbonyl (C=O) groups excluding carboxylic acids is 2. The Balaban J connectivity index is 1.65. The molecule has 0 bridgehead atoms. The number of nitrogens with zero attached hydrogens (tertiary/aromatic N) is 1. The monoisotopic (exact) mass is 441 g/mol. The van der Waals surface area contributed by atoms with Crippen molar-refractivity contribution in [1.82, 2.24) is 4.90 Å². The van der Waals surface area contributed by atoms with Crippen molar-refractivity contribution in [3.8, 4) is 5.75 Å². The Morgan fingerprint density at radius 3 is 2.29 bits per heavy atom. The van der Waals surface area contributed by atoms with Crippen LogP contribution in [0.1, 0.15) is 28.8 Å². The third-order valence-electron chi connectivity index (χ3n) is 4.39. The lowest BCUT2D eigenvalue weighted by Gasteiger charge is -2.22. The Kier molecular flexibility index (Phi) is 6.70. The van der Waals surface area contributed by atoms with Gasteiger partial charge in [-0.2, -0.15) is 0 Å². The molecule has 0 aliphatic heterocycles. The van der Waals surface area contributed by atoms with Crippen molar-refractivity contribution < 1.29 is 19.1 Å². The number of benzene rings is 2. The third kappa shape index (κ3) is 4.90. The van der Waals surface area contributed by atoms with E-state index in [0.29, 0.717) is 6.54 Å². The van der Waals surface area contributed by atoms with E-state index in [0.717, 1.165) is 24.2 Å². The van der Waals surface area contributed by atoms with Crippen LogP contribution in [0.5, 0.6) is 5.75 Å². The summed E-state index contributed by atoms with van der Waals surface area (Å²) in [6, 6.07) is 10.6. The van der Waals surface area contributed by atoms with E-state index in [2.05, 4.69) is 0 Å². The Hall–Kier alpha value is -1.95. The van der Waals surface area contributed by atoms with E-state index in [1.165, 1.54) is 12.1 Å². The minimum Gasteiger partial charge on any atom is -0.497 e. The molecule has 28 heavy (non-hydrogen) atoms. The number of hydrogen-bond donors (Lipinski definition) is 0. The largest absolute Gasteiger partial charge is 0.497 e. The Morgan fingerprint density at radius 2 is 1.68 bits per heavy atom. The number of hydrogen-bond acceptors (Lipinski definition) is 4. The molecule has 2 aromatic rings. The predicted octanol–water partition coefficient (Wildman–Crippen LogP) is 5.00. The minimum absolute atomic E-state index is 0.00361. The molecular weight excluding hydrogens is 425 g/mol. The third-order valence-corrected chi connectivity index (χ3v) is 5.51. The molecule has 1 aliphatic carbocycles. The summed E-state index contributed by atoms with van der Waals surface area (Å²) in [6.45, 7) is 0.0361. The number of amides is 1. The highest BCUT2D eigenvalue weighted by Crippen LogP contribution is 2.32. The molecule has 2 aromatic carbocycles. The van der Waals surface area contributed by atoms with Crippen molar-refractivity contribution in [2.75, 3.05) is 13.7 Å². The summed E-state index contributed by atoms with van der Waals surface area (Å²) >= 11 is 18.0. The Labute approximate surface area is 178 Å². The molecule has 0 radical (unpaired) electrons. The van der Waals surface area contributed by atoms with E-state index in [1.807, 2.05) is 24.3 Å². The van der Waals surface area contributed by atoms with Gasteiger partial charge in [0, 0.05) is 12.6 Å². The van der Waals surface area contributed by atoms with Gasteiger partial charge in [0.1, 0.15) is 5.75 Å². The average Bonchev–Trinajstić information content (AvgIpc) is 3.53. The fraction of sp³-hybridized carbons (Fsp3) is 0.300. The van der Waals surface area contributed by atoms with Gasteiger partial charge in [-0.1, -0.05) is 46.9 Å². The molecular formula is C20H18Cl3NO4. The standard InChI is InChI=1S/C20H18Cl3NO4/c1-27-14-6-2-12(3-7-14)10-24(13-4-5-13)17(25)11-28-20(26)18-15(21)8-9-16(22)19(18)23/h2-3,6-9,13H,4-5,10-11H2,1H3. The van der Waals surface area contributed by atoms with Crippen LogP contribution in [0.25, 0.3) is 0 Å². The van der Waals surface area contributed by atoms with Crippen LogP contribution in [0.2, 0.25) is 15.1 Å². The molecule has 0 aromatic heterocycles. The van der Waals surface area contributed by atoms with Crippen molar-refractivity contribution in [2.45, 2.75) is 25.4 Å². The van der Waals surface area contributed by atoms with Gasteiger partial charge in [0.05, 0.1) is 27.7 Å². The summed E-state index contributed by atoms with van der Waals surface area (Å²) in [4.78, 5) is 26.7. The lowest BCUT2D eigenvalue weighted by Crippen LogP contribution is -2.36. The summed E-state index contributed by atoms with van der Waals surface area (Å²) in [5.74, 6) is -0.316. The first-order chi connectivity index (χ1) is 13.4. The fourth-order valence-electron chi connectivity index (χ4n) is 2.73. The smallest absolute Gasteiger partial charge is 0.341 e. The van der Waals surface area contributed by atoms with Crippen LogP contribution in [0, 0.1) is 0 Å². The number of esters is 1. The first-order valence-corrected chi connectivity index (χ1v) is 9.77. The molecule has 5 nitrogen and oxygen atoms in total. The maximum atomic E-state index is 12.7. The summed E-state index contributed by atoms with van der Waals surface area (Å²) < 4.78 is 10.3. The Morgan fingerprint density at radius 1 is 1.04 bits per heavy atom. The van der Waals surface area contributed by atoms with Gasteiger partial charge >= 0.3 is 5.97 Å². The quantitative estimate of drug-likeness (QED) is 0.447. The molecule has 0 saturated heterocycles. The Bertz CT molecular complexity index is 882. The summed E-state index contributed by atoms with van der Waals surface area (Å²) in [7, 11) is 1.60. The zero-order valence-electron chi connectivity index (χ0n) is 15.1. The van der Waals surface area contributed by atoms with Gasteiger partial charge in [-0.3, -0.25) is 4.79 Å². The van der Waals surface area contributed by atoms with Crippen LogP contribution in [0.4, 0.5) is 0 Å². The fourth-order valence-corrected chi connectivity index (χ4v) is 3.41. The lowest BCUT2D eigenvalue weighted by molar-refractivity contribution is -0.135. The second-order valence-corrected chi connectivity index (χ2v) is 7.59. The van der Waals surface area contributed by atoms with Gasteiger partial charge < -0.3 is 14.4 Å². The molecule has 0 N–H and O–H groups in total. The maximum Gasteiger partial charge on any atom is 0.341 e. The molecule has 0 atom stereocenters. The molecule has 0 spiro atoms. The predicted molar refractivity (Wildman–Crippen MR) is 108 cm³/mol. The van der Waals surface area contributed by atoms with Crippen LogP contribution in [0.15, 0.2) is 36.4 Å². The molecule has 1 saturated carbocycles. The highest BCUT2D eigenvalue weighted by molar-refractivity contribution is 6.46. The van der Waals surface area contributed by atoms with Crippen LogP contribution >= 0.6 is 34.8 Å². The summed E-state index contributed by atoms with van der Waals surface area (Å²) in [5.41, 5.74) is 0.921. The second kappa shape index (κ2) is 9.03. The highest BCUT2D eigenvalue weighted by Gasteiger charge is 2.33. The van der Waals surface area contributed by atoms with E-state index in [1.54, 1.807) is 12.0 Å². The van der Waals surface area contributed by atoms with Crippen molar-refractivity contribution in [2.24, 2.45) is 0 Å². The number of rotatable bonds is 7. The molecule has 8 heteroatoms. The minimum atomic E-state index is -0.786. The molecule has 3 rings (SSSR count). The van der Waals surface area contributed by atoms with Crippen LogP contribution in [0.3, 0.4) is 0 Å². The molecule has 0 unspecified atom stereocenters. The number of methoxy groups -OCH3 is 1. The lowest BCUT2D eigenvalue weighted by atomic mass is 10.2. The van der Waals surface area contributed by atoms with Gasteiger partial charge in [-0.25, -0.2) is 4.79 Å². The summed E-state index contributed by atoms with van der Waals surface area (Å²) in [5, 5.41) is 0.302. The topological polar surface area (TPSA) is 55.8 Å². The van der Waals surface area contributed by atoms with Crippen molar-refractivity contribution in [1.29, 1.82) is 0 Å². The SMILES string of the molecule is COc1ccc(CN(C(=O)COC(=O)c2c(Cl)ccc(Cl)c2Cl)C2CC2)cc1. The van der Waals surface area contributed by atoms with Gasteiger partial charge in [0.15, 0.2) is 6.61 Å². The van der Waals surface area contributed by atoms with E-state index >= 15 is 0 Å². The maximum absolute atomic E-state index is 12.7. The van der Waals surface area contributed by atoms with Gasteiger partial charge in [-0.15, -0.1) is 0 Å². The normalized spacial score (nSPS) is 13.1. The van der Waals surface area contributed by atoms with Gasteiger partial charge in [0.2, 0.25) is 0 Å². The molecule has 0 heterocycles. The van der Waals surface area contributed by atoms with E-state index in [9.17, 15) is 9.59 Å². The zero-order chi connectivity index (χ0) is 20.3. The van der Waals surface area contributed by atoms with Gasteiger partial charge in [0.25, 0.3) is 5.91 Å². The first kappa shape index (κ1) is 20.8. The highest BCUT2D eigenvalue weighted by atomic mass is 35.5. The zero-order valence-corrected chi connectivity index (χ0v) is 17.4. The average molecular weight is 443 g/mol. The molecule has 1 aliphatic rings. The van der Waals surface area contributed by atoms with Crippen molar-refractivity contribution in [3.05, 3.63) is 62.6 Å². The second-order valence-electron chi connectivity index (χ2n) is 6.40. The van der Waals surface area contributed by atoms with Crippen LogP contribution < -0.4 is 4.74 Å². The van der Waals surface area contributed by atoms with E-state index < -0.39 is 12.6 Å². The van der Waals surface area contributed by atoms with Crippen LogP contribution in [-0.2, 0) is 16.1 Å². The first-order valence-electron chi connectivity index (χ1n) is 8.63. The van der Waals surface area contributed by atoms with Crippen LogP contribution in [-0.4, -0.2) is 36.5 Å². The van der Waals surface area contributed by atoms with Gasteiger partial charge in [-0.05, 0) is 42.7 Å². The number of carbonyl (C=O) groups is 2. The summed E-state index contributed by atoms with van der Waals surface area (Å²) in [6.07, 6.45) is 1.86. The molecule has 1 fully saturated rings. The van der Waals surface area contributed by atoms with E-state index in [4.69, 9.17) is 44.3 Å². The van der Waals surface area contributed by atoms with Crippen molar-refractivity contribution >= 4 is 46.7 Å².